The quantitative estimate of drug-likeness (QED) is 0.570. The Hall–Kier alpha value is -0.780. The molecule has 0 aromatic heterocycles. The Morgan fingerprint density at radius 1 is 1.00 bits per heavy atom. The third kappa shape index (κ3) is 3.87. The SMILES string of the molecule is CC(C)Cc1ccc(C(C)CC2CCC2)c(C(C)C)c1. The standard InChI is InChI=1S/C20H32/c1-14(2)11-18-9-10-19(20(13-18)15(3)4)16(5)12-17-7-6-8-17/h9-10,13-17H,6-8,11-12H2,1-5H3. The van der Waals surface area contributed by atoms with E-state index in [1.807, 2.05) is 0 Å². The molecule has 1 atom stereocenters. The molecule has 0 heteroatoms. The van der Waals surface area contributed by atoms with Crippen LogP contribution in [0.1, 0.15) is 88.8 Å². The van der Waals surface area contributed by atoms with Crippen LogP contribution in [-0.2, 0) is 6.42 Å². The van der Waals surface area contributed by atoms with Crippen molar-refractivity contribution in [2.45, 2.75) is 78.6 Å². The fourth-order valence-electron chi connectivity index (χ4n) is 3.53. The van der Waals surface area contributed by atoms with E-state index in [0.717, 1.165) is 17.8 Å². The molecule has 0 N–H and O–H groups in total. The van der Waals surface area contributed by atoms with Gasteiger partial charge in [0.1, 0.15) is 0 Å². The summed E-state index contributed by atoms with van der Waals surface area (Å²) in [5.74, 6) is 3.11. The van der Waals surface area contributed by atoms with E-state index < -0.39 is 0 Å². The molecule has 1 aliphatic rings. The van der Waals surface area contributed by atoms with Crippen LogP contribution in [-0.4, -0.2) is 0 Å². The lowest BCUT2D eigenvalue weighted by molar-refractivity contribution is 0.280. The molecule has 0 heterocycles. The summed E-state index contributed by atoms with van der Waals surface area (Å²) in [7, 11) is 0. The summed E-state index contributed by atoms with van der Waals surface area (Å²) < 4.78 is 0. The first kappa shape index (κ1) is 15.6. The second-order valence-electron chi connectivity index (χ2n) is 7.65. The summed E-state index contributed by atoms with van der Waals surface area (Å²) in [6.45, 7) is 11.7. The van der Waals surface area contributed by atoms with Crippen molar-refractivity contribution in [1.29, 1.82) is 0 Å². The Kier molecular flexibility index (Phi) is 5.29. The average molecular weight is 272 g/mol. The highest BCUT2D eigenvalue weighted by molar-refractivity contribution is 5.36. The molecule has 1 aliphatic carbocycles. The highest BCUT2D eigenvalue weighted by atomic mass is 14.3. The molecule has 0 spiro atoms. The third-order valence-corrected chi connectivity index (χ3v) is 4.86. The Labute approximate surface area is 126 Å². The van der Waals surface area contributed by atoms with Gasteiger partial charge in [0, 0.05) is 0 Å². The van der Waals surface area contributed by atoms with Crippen LogP contribution in [0.4, 0.5) is 0 Å². The zero-order chi connectivity index (χ0) is 14.7. The van der Waals surface area contributed by atoms with Gasteiger partial charge in [-0.2, -0.15) is 0 Å². The zero-order valence-electron chi connectivity index (χ0n) is 14.1. The summed E-state index contributed by atoms with van der Waals surface area (Å²) in [5, 5.41) is 0. The molecule has 112 valence electrons. The topological polar surface area (TPSA) is 0 Å². The molecule has 1 aromatic carbocycles. The number of rotatable bonds is 6. The van der Waals surface area contributed by atoms with E-state index in [4.69, 9.17) is 0 Å². The smallest absolute Gasteiger partial charge is 0.0185 e. The van der Waals surface area contributed by atoms with Gasteiger partial charge in [-0.05, 0) is 53.2 Å². The fourth-order valence-corrected chi connectivity index (χ4v) is 3.53. The molecule has 0 aliphatic heterocycles. The largest absolute Gasteiger partial charge is 0.0625 e. The summed E-state index contributed by atoms with van der Waals surface area (Å²) in [6.07, 6.45) is 6.99. The summed E-state index contributed by atoms with van der Waals surface area (Å²) in [6, 6.07) is 7.28. The van der Waals surface area contributed by atoms with E-state index in [1.165, 1.54) is 37.7 Å². The van der Waals surface area contributed by atoms with Crippen LogP contribution in [0.25, 0.3) is 0 Å². The Bertz CT molecular complexity index is 424. The zero-order valence-corrected chi connectivity index (χ0v) is 14.1. The van der Waals surface area contributed by atoms with E-state index in [-0.39, 0.29) is 0 Å². The molecule has 0 amide bonds. The van der Waals surface area contributed by atoms with Gasteiger partial charge in [-0.25, -0.2) is 0 Å². The van der Waals surface area contributed by atoms with Crippen molar-refractivity contribution >= 4 is 0 Å². The van der Waals surface area contributed by atoms with E-state index >= 15 is 0 Å². The van der Waals surface area contributed by atoms with Crippen LogP contribution >= 0.6 is 0 Å². The first-order valence-electron chi connectivity index (χ1n) is 8.60. The summed E-state index contributed by atoms with van der Waals surface area (Å²) in [4.78, 5) is 0. The molecule has 0 bridgehead atoms. The van der Waals surface area contributed by atoms with Crippen molar-refractivity contribution in [3.63, 3.8) is 0 Å². The molecule has 1 fully saturated rings. The van der Waals surface area contributed by atoms with Crippen LogP contribution in [0.15, 0.2) is 18.2 Å². The van der Waals surface area contributed by atoms with Crippen molar-refractivity contribution in [1.82, 2.24) is 0 Å². The maximum Gasteiger partial charge on any atom is -0.0185 e. The van der Waals surface area contributed by atoms with Gasteiger partial charge in [0.25, 0.3) is 0 Å². The molecular formula is C20H32. The Balaban J connectivity index is 2.17. The highest BCUT2D eigenvalue weighted by Gasteiger charge is 2.22. The van der Waals surface area contributed by atoms with Gasteiger partial charge in [-0.1, -0.05) is 72.1 Å². The maximum atomic E-state index is 2.48. The number of hydrogen-bond donors (Lipinski definition) is 0. The van der Waals surface area contributed by atoms with E-state index in [0.29, 0.717) is 5.92 Å². The van der Waals surface area contributed by atoms with Gasteiger partial charge in [-0.3, -0.25) is 0 Å². The highest BCUT2D eigenvalue weighted by Crippen LogP contribution is 2.38. The molecule has 1 aromatic rings. The normalized spacial score (nSPS) is 17.6. The summed E-state index contributed by atoms with van der Waals surface area (Å²) >= 11 is 0. The number of benzene rings is 1. The van der Waals surface area contributed by atoms with Crippen LogP contribution in [0.3, 0.4) is 0 Å². The molecule has 1 saturated carbocycles. The van der Waals surface area contributed by atoms with Crippen LogP contribution < -0.4 is 0 Å². The van der Waals surface area contributed by atoms with Gasteiger partial charge >= 0.3 is 0 Å². The predicted octanol–water partition coefficient (Wildman–Crippen LogP) is 6.30. The van der Waals surface area contributed by atoms with Gasteiger partial charge in [0.2, 0.25) is 0 Å². The first-order valence-corrected chi connectivity index (χ1v) is 8.60. The fraction of sp³-hybridized carbons (Fsp3) is 0.700. The monoisotopic (exact) mass is 272 g/mol. The Morgan fingerprint density at radius 2 is 1.70 bits per heavy atom. The lowest BCUT2D eigenvalue weighted by Gasteiger charge is -2.29. The first-order chi connectivity index (χ1) is 9.47. The van der Waals surface area contributed by atoms with Crippen LogP contribution in [0.5, 0.6) is 0 Å². The van der Waals surface area contributed by atoms with Crippen LogP contribution in [0.2, 0.25) is 0 Å². The van der Waals surface area contributed by atoms with Crippen molar-refractivity contribution in [3.05, 3.63) is 34.9 Å². The molecule has 0 nitrogen and oxygen atoms in total. The van der Waals surface area contributed by atoms with Crippen molar-refractivity contribution < 1.29 is 0 Å². The molecule has 2 rings (SSSR count). The summed E-state index contributed by atoms with van der Waals surface area (Å²) in [5.41, 5.74) is 4.72. The molecular weight excluding hydrogens is 240 g/mol. The van der Waals surface area contributed by atoms with Crippen molar-refractivity contribution in [3.8, 4) is 0 Å². The second-order valence-corrected chi connectivity index (χ2v) is 7.65. The maximum absolute atomic E-state index is 2.48. The molecule has 20 heavy (non-hydrogen) atoms. The molecule has 0 saturated heterocycles. The van der Waals surface area contributed by atoms with Crippen molar-refractivity contribution in [2.24, 2.45) is 11.8 Å². The minimum atomic E-state index is 0.640. The molecule has 0 radical (unpaired) electrons. The van der Waals surface area contributed by atoms with E-state index in [1.54, 1.807) is 11.1 Å². The van der Waals surface area contributed by atoms with E-state index in [9.17, 15) is 0 Å². The molecule has 1 unspecified atom stereocenters. The van der Waals surface area contributed by atoms with Gasteiger partial charge in [0.15, 0.2) is 0 Å². The van der Waals surface area contributed by atoms with Crippen LogP contribution in [0, 0.1) is 11.8 Å². The lowest BCUT2D eigenvalue weighted by atomic mass is 9.76. The minimum absolute atomic E-state index is 0.640. The van der Waals surface area contributed by atoms with Gasteiger partial charge < -0.3 is 0 Å². The predicted molar refractivity (Wildman–Crippen MR) is 89.4 cm³/mol. The lowest BCUT2D eigenvalue weighted by Crippen LogP contribution is -2.15. The van der Waals surface area contributed by atoms with Crippen molar-refractivity contribution in [2.75, 3.05) is 0 Å². The van der Waals surface area contributed by atoms with Gasteiger partial charge in [-0.15, -0.1) is 0 Å². The second kappa shape index (κ2) is 6.78. The Morgan fingerprint density at radius 3 is 2.20 bits per heavy atom. The van der Waals surface area contributed by atoms with Gasteiger partial charge in [0.05, 0.1) is 0 Å². The number of hydrogen-bond acceptors (Lipinski definition) is 0. The average Bonchev–Trinajstić information content (AvgIpc) is 2.32. The third-order valence-electron chi connectivity index (χ3n) is 4.86. The van der Waals surface area contributed by atoms with E-state index in [2.05, 4.69) is 52.8 Å². The minimum Gasteiger partial charge on any atom is -0.0625 e.